The van der Waals surface area contributed by atoms with Crippen LogP contribution in [0.4, 0.5) is 5.69 Å². The number of ether oxygens (including phenoxy) is 1. The van der Waals surface area contributed by atoms with Crippen molar-refractivity contribution in [3.8, 4) is 0 Å². The first-order chi connectivity index (χ1) is 11.0. The monoisotopic (exact) mass is 316 g/mol. The van der Waals surface area contributed by atoms with Gasteiger partial charge in [-0.3, -0.25) is 14.5 Å². The normalized spacial score (nSPS) is 26.8. The summed E-state index contributed by atoms with van der Waals surface area (Å²) in [5, 5.41) is 2.88. The van der Waals surface area contributed by atoms with E-state index in [4.69, 9.17) is 4.74 Å². The van der Waals surface area contributed by atoms with Gasteiger partial charge in [0.05, 0.1) is 12.5 Å². The van der Waals surface area contributed by atoms with E-state index in [-0.39, 0.29) is 17.3 Å². The zero-order valence-electron chi connectivity index (χ0n) is 13.8. The number of hydrogen-bond donors (Lipinski definition) is 1. The van der Waals surface area contributed by atoms with Gasteiger partial charge < -0.3 is 10.1 Å². The summed E-state index contributed by atoms with van der Waals surface area (Å²) < 4.78 is 5.09. The molecular weight excluding hydrogens is 292 g/mol. The van der Waals surface area contributed by atoms with E-state index in [1.165, 1.54) is 14.0 Å². The predicted octanol–water partition coefficient (Wildman–Crippen LogP) is 2.42. The molecule has 1 N–H and O–H groups in total. The lowest BCUT2D eigenvalue weighted by Gasteiger charge is -2.25. The second-order valence-electron chi connectivity index (χ2n) is 6.74. The van der Waals surface area contributed by atoms with Gasteiger partial charge >= 0.3 is 5.97 Å². The number of nitrogens with zero attached hydrogens (tertiary/aromatic N) is 1. The summed E-state index contributed by atoms with van der Waals surface area (Å²) in [7, 11) is 1.49. The van der Waals surface area contributed by atoms with E-state index in [0.717, 1.165) is 50.1 Å². The van der Waals surface area contributed by atoms with Crippen molar-refractivity contribution in [2.24, 2.45) is 11.3 Å². The molecule has 0 spiro atoms. The highest BCUT2D eigenvalue weighted by Crippen LogP contribution is 2.49. The Labute approximate surface area is 137 Å². The number of rotatable bonds is 4. The number of fused-ring (bicyclic) bond motifs is 1. The SMILES string of the molecule is COC(=O)[C@@]12CCC[C@@H]1CN(Cc1ccccc1NC(C)=O)C2. The maximum atomic E-state index is 12.3. The molecule has 124 valence electrons. The summed E-state index contributed by atoms with van der Waals surface area (Å²) in [6.45, 7) is 3.93. The number of nitrogens with one attached hydrogen (secondary N) is 1. The molecule has 1 heterocycles. The van der Waals surface area contributed by atoms with Gasteiger partial charge in [-0.1, -0.05) is 24.6 Å². The standard InChI is InChI=1S/C18H24N2O3/c1-13(21)19-16-8-4-3-6-14(16)10-20-11-15-7-5-9-18(15,12-20)17(22)23-2/h3-4,6,8,15H,5,7,9-12H2,1-2H3,(H,19,21)/t15-,18-/m1/s1. The van der Waals surface area contributed by atoms with Crippen molar-refractivity contribution in [2.75, 3.05) is 25.5 Å². The average Bonchev–Trinajstić information content (AvgIpc) is 3.05. The van der Waals surface area contributed by atoms with Crippen LogP contribution in [0.2, 0.25) is 0 Å². The minimum atomic E-state index is -0.322. The molecule has 1 amide bonds. The van der Waals surface area contributed by atoms with E-state index < -0.39 is 0 Å². The molecule has 0 bridgehead atoms. The van der Waals surface area contributed by atoms with Crippen LogP contribution in [0.15, 0.2) is 24.3 Å². The van der Waals surface area contributed by atoms with E-state index in [1.54, 1.807) is 0 Å². The van der Waals surface area contributed by atoms with Crippen LogP contribution in [0, 0.1) is 11.3 Å². The van der Waals surface area contributed by atoms with Crippen LogP contribution < -0.4 is 5.32 Å². The number of likely N-dealkylation sites (tertiary alicyclic amines) is 1. The van der Waals surface area contributed by atoms with Crippen molar-refractivity contribution in [1.29, 1.82) is 0 Å². The van der Waals surface area contributed by atoms with Gasteiger partial charge in [0.15, 0.2) is 0 Å². The zero-order valence-corrected chi connectivity index (χ0v) is 13.8. The summed E-state index contributed by atoms with van der Waals surface area (Å²) in [6.07, 6.45) is 3.13. The molecule has 2 aliphatic rings. The van der Waals surface area contributed by atoms with Crippen LogP contribution in [0.1, 0.15) is 31.7 Å². The Morgan fingerprint density at radius 3 is 2.91 bits per heavy atom. The van der Waals surface area contributed by atoms with Gasteiger partial charge in [0, 0.05) is 32.2 Å². The largest absolute Gasteiger partial charge is 0.469 e. The van der Waals surface area contributed by atoms with Crippen LogP contribution in [-0.2, 0) is 20.9 Å². The maximum absolute atomic E-state index is 12.3. The number of amides is 1. The quantitative estimate of drug-likeness (QED) is 0.867. The molecule has 5 heteroatoms. The van der Waals surface area contributed by atoms with E-state index in [0.29, 0.717) is 5.92 Å². The molecule has 2 atom stereocenters. The minimum Gasteiger partial charge on any atom is -0.469 e. The lowest BCUT2D eigenvalue weighted by Crippen LogP contribution is -2.36. The molecular formula is C18H24N2O3. The maximum Gasteiger partial charge on any atom is 0.313 e. The van der Waals surface area contributed by atoms with Crippen molar-refractivity contribution >= 4 is 17.6 Å². The first-order valence-electron chi connectivity index (χ1n) is 8.21. The number of methoxy groups -OCH3 is 1. The lowest BCUT2D eigenvalue weighted by atomic mass is 9.81. The molecule has 1 aliphatic carbocycles. The number of carbonyl (C=O) groups is 2. The van der Waals surface area contributed by atoms with Gasteiger partial charge in [-0.2, -0.15) is 0 Å². The fourth-order valence-corrected chi connectivity index (χ4v) is 4.26. The van der Waals surface area contributed by atoms with Crippen molar-refractivity contribution in [3.05, 3.63) is 29.8 Å². The van der Waals surface area contributed by atoms with E-state index in [9.17, 15) is 9.59 Å². The molecule has 3 rings (SSSR count). The molecule has 1 saturated carbocycles. The van der Waals surface area contributed by atoms with Crippen LogP contribution in [0.3, 0.4) is 0 Å². The molecule has 1 aromatic carbocycles. The Hall–Kier alpha value is -1.88. The number of carbonyl (C=O) groups excluding carboxylic acids is 2. The average molecular weight is 316 g/mol. The van der Waals surface area contributed by atoms with E-state index in [2.05, 4.69) is 10.2 Å². The van der Waals surface area contributed by atoms with E-state index in [1.807, 2.05) is 24.3 Å². The molecule has 0 radical (unpaired) electrons. The molecule has 1 saturated heterocycles. The highest BCUT2D eigenvalue weighted by Gasteiger charge is 2.55. The molecule has 1 aliphatic heterocycles. The minimum absolute atomic E-state index is 0.0577. The second-order valence-corrected chi connectivity index (χ2v) is 6.74. The van der Waals surface area contributed by atoms with Gasteiger partial charge in [-0.15, -0.1) is 0 Å². The topological polar surface area (TPSA) is 58.6 Å². The van der Waals surface area contributed by atoms with Crippen molar-refractivity contribution in [3.63, 3.8) is 0 Å². The van der Waals surface area contributed by atoms with Gasteiger partial charge in [-0.05, 0) is 30.4 Å². The molecule has 0 aromatic heterocycles. The van der Waals surface area contributed by atoms with Crippen LogP contribution >= 0.6 is 0 Å². The van der Waals surface area contributed by atoms with Crippen molar-refractivity contribution < 1.29 is 14.3 Å². The molecule has 5 nitrogen and oxygen atoms in total. The molecule has 23 heavy (non-hydrogen) atoms. The highest BCUT2D eigenvalue weighted by molar-refractivity contribution is 5.89. The number of anilines is 1. The summed E-state index contributed by atoms with van der Waals surface area (Å²) in [5.74, 6) is 0.266. The number of hydrogen-bond acceptors (Lipinski definition) is 4. The summed E-state index contributed by atoms with van der Waals surface area (Å²) in [4.78, 5) is 26.0. The Morgan fingerprint density at radius 1 is 1.39 bits per heavy atom. The summed E-state index contributed by atoms with van der Waals surface area (Å²) >= 11 is 0. The molecule has 1 aromatic rings. The first-order valence-corrected chi connectivity index (χ1v) is 8.21. The Morgan fingerprint density at radius 2 is 2.17 bits per heavy atom. The Bertz CT molecular complexity index is 616. The fourth-order valence-electron chi connectivity index (χ4n) is 4.26. The zero-order chi connectivity index (χ0) is 16.4. The van der Waals surface area contributed by atoms with Crippen molar-refractivity contribution in [1.82, 2.24) is 4.90 Å². The third-order valence-electron chi connectivity index (χ3n) is 5.26. The van der Waals surface area contributed by atoms with Gasteiger partial charge in [-0.25, -0.2) is 0 Å². The number of esters is 1. The highest BCUT2D eigenvalue weighted by atomic mass is 16.5. The lowest BCUT2D eigenvalue weighted by molar-refractivity contribution is -0.153. The third-order valence-corrected chi connectivity index (χ3v) is 5.26. The van der Waals surface area contributed by atoms with Gasteiger partial charge in [0.25, 0.3) is 0 Å². The Kier molecular flexibility index (Phi) is 4.39. The molecule has 2 fully saturated rings. The van der Waals surface area contributed by atoms with Crippen LogP contribution in [0.25, 0.3) is 0 Å². The van der Waals surface area contributed by atoms with Crippen LogP contribution in [-0.4, -0.2) is 37.0 Å². The molecule has 0 unspecified atom stereocenters. The van der Waals surface area contributed by atoms with Gasteiger partial charge in [0.2, 0.25) is 5.91 Å². The first kappa shape index (κ1) is 16.0. The fraction of sp³-hybridized carbons (Fsp3) is 0.556. The predicted molar refractivity (Wildman–Crippen MR) is 87.8 cm³/mol. The van der Waals surface area contributed by atoms with E-state index >= 15 is 0 Å². The summed E-state index contributed by atoms with van der Waals surface area (Å²) in [5.41, 5.74) is 1.62. The summed E-state index contributed by atoms with van der Waals surface area (Å²) in [6, 6.07) is 7.85. The van der Waals surface area contributed by atoms with Crippen molar-refractivity contribution in [2.45, 2.75) is 32.7 Å². The van der Waals surface area contributed by atoms with Crippen LogP contribution in [0.5, 0.6) is 0 Å². The van der Waals surface area contributed by atoms with Gasteiger partial charge in [0.1, 0.15) is 0 Å². The smallest absolute Gasteiger partial charge is 0.313 e. The third kappa shape index (κ3) is 2.98. The Balaban J connectivity index is 1.76. The number of benzene rings is 1. The number of para-hydroxylation sites is 1. The second kappa shape index (κ2) is 6.32.